The molecule has 2 fully saturated rings. The number of amides is 2. The summed E-state index contributed by atoms with van der Waals surface area (Å²) >= 11 is 0. The fourth-order valence-corrected chi connectivity index (χ4v) is 3.60. The molecule has 0 atom stereocenters. The molecule has 2 amide bonds. The monoisotopic (exact) mass is 399 g/mol. The highest BCUT2D eigenvalue weighted by Gasteiger charge is 2.23. The predicted octanol–water partition coefficient (Wildman–Crippen LogP) is 1.72. The van der Waals surface area contributed by atoms with E-state index in [0.717, 1.165) is 37.8 Å². The number of piperazine rings is 2. The lowest BCUT2D eigenvalue weighted by Crippen LogP contribution is -2.50. The van der Waals surface area contributed by atoms with E-state index in [1.165, 1.54) is 12.1 Å². The van der Waals surface area contributed by atoms with Gasteiger partial charge in [0.25, 0.3) is 0 Å². The van der Waals surface area contributed by atoms with Gasteiger partial charge in [-0.25, -0.2) is 9.18 Å². The van der Waals surface area contributed by atoms with E-state index in [1.807, 2.05) is 12.1 Å². The summed E-state index contributed by atoms with van der Waals surface area (Å²) in [6, 6.07) is 9.73. The minimum atomic E-state index is -0.369. The number of anilines is 3. The van der Waals surface area contributed by atoms with Gasteiger partial charge in [0, 0.05) is 58.0 Å². The van der Waals surface area contributed by atoms with Gasteiger partial charge >= 0.3 is 6.03 Å². The fraction of sp³-hybridized carbons (Fsp3) is 0.450. The van der Waals surface area contributed by atoms with Crippen LogP contribution in [0.25, 0.3) is 0 Å². The Hall–Kier alpha value is -2.94. The summed E-state index contributed by atoms with van der Waals surface area (Å²) in [5.41, 5.74) is 0.461. The number of carbonyl (C=O) groups excluding carboxylic acids is 1. The van der Waals surface area contributed by atoms with Crippen LogP contribution in [0.15, 0.2) is 36.4 Å². The summed E-state index contributed by atoms with van der Waals surface area (Å²) in [5, 5.41) is 11.6. The maximum atomic E-state index is 13.3. The lowest BCUT2D eigenvalue weighted by atomic mass is 10.3. The minimum absolute atomic E-state index is 0.216. The SMILES string of the molecule is CN1CCN(c2ccc(N3CCN(C(=O)Nc4cccc(F)c4)CC3)nn2)CC1. The molecule has 2 saturated heterocycles. The molecule has 0 bridgehead atoms. The van der Waals surface area contributed by atoms with Gasteiger partial charge in [-0.1, -0.05) is 6.07 Å². The van der Waals surface area contributed by atoms with Gasteiger partial charge in [-0.3, -0.25) is 0 Å². The number of nitrogens with one attached hydrogen (secondary N) is 1. The first-order valence-electron chi connectivity index (χ1n) is 9.92. The third-order valence-corrected chi connectivity index (χ3v) is 5.43. The minimum Gasteiger partial charge on any atom is -0.353 e. The van der Waals surface area contributed by atoms with E-state index in [4.69, 9.17) is 0 Å². The van der Waals surface area contributed by atoms with Gasteiger partial charge in [-0.05, 0) is 37.4 Å². The molecule has 1 aromatic carbocycles. The molecule has 29 heavy (non-hydrogen) atoms. The molecule has 8 nitrogen and oxygen atoms in total. The molecule has 4 rings (SSSR count). The molecule has 0 aliphatic carbocycles. The Balaban J connectivity index is 1.29. The first-order chi connectivity index (χ1) is 14.1. The Morgan fingerprint density at radius 1 is 0.897 bits per heavy atom. The second-order valence-electron chi connectivity index (χ2n) is 7.45. The standard InChI is InChI=1S/C20H26FN7O/c1-25-7-9-26(10-8-25)18-5-6-19(24-23-18)27-11-13-28(14-12-27)20(29)22-17-4-2-3-16(21)15-17/h2-6,15H,7-14H2,1H3,(H,22,29). The summed E-state index contributed by atoms with van der Waals surface area (Å²) in [5.74, 6) is 1.37. The average molecular weight is 399 g/mol. The number of benzene rings is 1. The van der Waals surface area contributed by atoms with Gasteiger partial charge in [0.05, 0.1) is 0 Å². The average Bonchev–Trinajstić information content (AvgIpc) is 2.75. The highest BCUT2D eigenvalue weighted by atomic mass is 19.1. The fourth-order valence-electron chi connectivity index (χ4n) is 3.60. The van der Waals surface area contributed by atoms with Crippen molar-refractivity contribution in [3.63, 3.8) is 0 Å². The van der Waals surface area contributed by atoms with E-state index in [9.17, 15) is 9.18 Å². The van der Waals surface area contributed by atoms with Gasteiger partial charge in [0.1, 0.15) is 5.82 Å². The molecule has 2 aromatic rings. The quantitative estimate of drug-likeness (QED) is 0.848. The molecular formula is C20H26FN7O. The summed E-state index contributed by atoms with van der Waals surface area (Å²) in [4.78, 5) is 20.8. The van der Waals surface area contributed by atoms with Crippen molar-refractivity contribution in [2.75, 3.05) is 74.5 Å². The van der Waals surface area contributed by atoms with Gasteiger partial charge in [-0.2, -0.15) is 0 Å². The topological polar surface area (TPSA) is 67.8 Å². The molecule has 154 valence electrons. The van der Waals surface area contributed by atoms with E-state index >= 15 is 0 Å². The van der Waals surface area contributed by atoms with Crippen LogP contribution in [-0.4, -0.2) is 85.4 Å². The Morgan fingerprint density at radius 2 is 1.48 bits per heavy atom. The molecule has 0 radical (unpaired) electrons. The number of hydrogen-bond acceptors (Lipinski definition) is 6. The van der Waals surface area contributed by atoms with E-state index in [1.54, 1.807) is 17.0 Å². The van der Waals surface area contributed by atoms with Gasteiger partial charge in [-0.15, -0.1) is 10.2 Å². The first kappa shape index (κ1) is 19.4. The van der Waals surface area contributed by atoms with Crippen LogP contribution >= 0.6 is 0 Å². The zero-order chi connectivity index (χ0) is 20.2. The Morgan fingerprint density at radius 3 is 2.03 bits per heavy atom. The van der Waals surface area contributed by atoms with Crippen molar-refractivity contribution in [1.29, 1.82) is 0 Å². The van der Waals surface area contributed by atoms with Crippen molar-refractivity contribution in [2.24, 2.45) is 0 Å². The van der Waals surface area contributed by atoms with Crippen molar-refractivity contribution < 1.29 is 9.18 Å². The first-order valence-corrected chi connectivity index (χ1v) is 9.92. The van der Waals surface area contributed by atoms with Gasteiger partial charge in [0.2, 0.25) is 0 Å². The third kappa shape index (κ3) is 4.73. The van der Waals surface area contributed by atoms with Crippen LogP contribution in [0.4, 0.5) is 26.5 Å². The number of carbonyl (C=O) groups is 1. The molecule has 9 heteroatoms. The lowest BCUT2D eigenvalue weighted by molar-refractivity contribution is 0.208. The van der Waals surface area contributed by atoms with Crippen LogP contribution < -0.4 is 15.1 Å². The van der Waals surface area contributed by atoms with E-state index < -0.39 is 0 Å². The lowest BCUT2D eigenvalue weighted by Gasteiger charge is -2.35. The van der Waals surface area contributed by atoms with E-state index in [0.29, 0.717) is 31.9 Å². The number of hydrogen-bond donors (Lipinski definition) is 1. The molecule has 0 unspecified atom stereocenters. The van der Waals surface area contributed by atoms with Crippen LogP contribution in [-0.2, 0) is 0 Å². The van der Waals surface area contributed by atoms with Crippen molar-refractivity contribution in [2.45, 2.75) is 0 Å². The highest BCUT2D eigenvalue weighted by Crippen LogP contribution is 2.18. The maximum Gasteiger partial charge on any atom is 0.321 e. The van der Waals surface area contributed by atoms with E-state index in [-0.39, 0.29) is 11.8 Å². The van der Waals surface area contributed by atoms with Crippen molar-refractivity contribution >= 4 is 23.4 Å². The molecule has 2 aliphatic rings. The molecule has 0 saturated carbocycles. The van der Waals surface area contributed by atoms with Gasteiger partial charge < -0.3 is 24.9 Å². The number of nitrogens with zero attached hydrogens (tertiary/aromatic N) is 6. The summed E-state index contributed by atoms with van der Waals surface area (Å²) in [6.07, 6.45) is 0. The number of rotatable bonds is 3. The Bertz CT molecular complexity index is 831. The molecule has 3 heterocycles. The normalized spacial score (nSPS) is 18.1. The Kier molecular flexibility index (Phi) is 5.75. The predicted molar refractivity (Wildman–Crippen MR) is 111 cm³/mol. The van der Waals surface area contributed by atoms with Gasteiger partial charge in [0.15, 0.2) is 11.6 Å². The number of aromatic nitrogens is 2. The van der Waals surface area contributed by atoms with Crippen molar-refractivity contribution in [1.82, 2.24) is 20.0 Å². The number of urea groups is 1. The zero-order valence-electron chi connectivity index (χ0n) is 16.6. The summed E-state index contributed by atoms with van der Waals surface area (Å²) in [7, 11) is 2.13. The smallest absolute Gasteiger partial charge is 0.321 e. The molecular weight excluding hydrogens is 373 g/mol. The highest BCUT2D eigenvalue weighted by molar-refractivity contribution is 5.89. The Labute approximate surface area is 169 Å². The van der Waals surface area contributed by atoms with Crippen molar-refractivity contribution in [3.8, 4) is 0 Å². The largest absolute Gasteiger partial charge is 0.353 e. The summed E-state index contributed by atoms with van der Waals surface area (Å²) < 4.78 is 13.3. The van der Waals surface area contributed by atoms with Crippen LogP contribution in [0.5, 0.6) is 0 Å². The van der Waals surface area contributed by atoms with Crippen LogP contribution in [0.1, 0.15) is 0 Å². The van der Waals surface area contributed by atoms with Crippen LogP contribution in [0.2, 0.25) is 0 Å². The van der Waals surface area contributed by atoms with Crippen molar-refractivity contribution in [3.05, 3.63) is 42.2 Å². The molecule has 1 N–H and O–H groups in total. The molecule has 1 aromatic heterocycles. The number of likely N-dealkylation sites (N-methyl/N-ethyl adjacent to an activating group) is 1. The molecule has 0 spiro atoms. The molecule has 2 aliphatic heterocycles. The second-order valence-corrected chi connectivity index (χ2v) is 7.45. The van der Waals surface area contributed by atoms with E-state index in [2.05, 4.69) is 37.3 Å². The summed E-state index contributed by atoms with van der Waals surface area (Å²) in [6.45, 7) is 6.49. The maximum absolute atomic E-state index is 13.3. The van der Waals surface area contributed by atoms with Crippen LogP contribution in [0.3, 0.4) is 0 Å². The zero-order valence-corrected chi connectivity index (χ0v) is 16.6. The number of halogens is 1. The van der Waals surface area contributed by atoms with Crippen LogP contribution in [0, 0.1) is 5.82 Å². The third-order valence-electron chi connectivity index (χ3n) is 5.43. The second kappa shape index (κ2) is 8.60.